The van der Waals surface area contributed by atoms with Crippen LogP contribution in [0.15, 0.2) is 36.5 Å². The molecule has 1 aromatic heterocycles. The molecular weight excluding hydrogens is 247 g/mol. The van der Waals surface area contributed by atoms with Gasteiger partial charge in [-0.2, -0.15) is 5.12 Å². The number of rotatable bonds is 2. The minimum atomic E-state index is -0.699. The first-order chi connectivity index (χ1) is 9.15. The molecule has 4 nitrogen and oxygen atoms in total. The molecule has 3 rings (SSSR count). The van der Waals surface area contributed by atoms with Crippen molar-refractivity contribution in [1.29, 1.82) is 0 Å². The first-order valence-corrected chi connectivity index (χ1v) is 6.17. The molecule has 1 saturated carbocycles. The molecule has 19 heavy (non-hydrogen) atoms. The number of aliphatic hydroxyl groups is 1. The zero-order valence-corrected chi connectivity index (χ0v) is 10.2. The molecule has 1 aliphatic rings. The van der Waals surface area contributed by atoms with E-state index in [2.05, 4.69) is 4.98 Å². The molecule has 1 fully saturated rings. The molecule has 0 aliphatic heterocycles. The lowest BCUT2D eigenvalue weighted by molar-refractivity contribution is -0.0702. The van der Waals surface area contributed by atoms with E-state index in [1.807, 2.05) is 24.3 Å². The summed E-state index contributed by atoms with van der Waals surface area (Å²) in [5, 5.41) is 10.2. The summed E-state index contributed by atoms with van der Waals surface area (Å²) in [7, 11) is 0. The van der Waals surface area contributed by atoms with E-state index in [1.54, 1.807) is 6.07 Å². The zero-order chi connectivity index (χ0) is 13.4. The summed E-state index contributed by atoms with van der Waals surface area (Å²) in [6.45, 7) is 0. The van der Waals surface area contributed by atoms with E-state index in [0.29, 0.717) is 12.8 Å². The molecule has 5 heteroatoms. The van der Waals surface area contributed by atoms with Crippen LogP contribution < -0.4 is 0 Å². The predicted octanol–water partition coefficient (Wildman–Crippen LogP) is 2.08. The van der Waals surface area contributed by atoms with E-state index in [9.17, 15) is 9.28 Å². The Morgan fingerprint density at radius 3 is 2.84 bits per heavy atom. The third kappa shape index (κ3) is 2.17. The van der Waals surface area contributed by atoms with Crippen LogP contribution in [0.25, 0.3) is 10.9 Å². The number of para-hydroxylation sites is 1. The summed E-state index contributed by atoms with van der Waals surface area (Å²) >= 11 is 0. The number of carbonyl (C=O) groups is 1. The van der Waals surface area contributed by atoms with Gasteiger partial charge in [0.15, 0.2) is 0 Å². The van der Waals surface area contributed by atoms with E-state index >= 15 is 0 Å². The molecule has 1 aliphatic carbocycles. The standard InChI is InChI=1S/C14H13FN2O2/c15-17(11-6-12(18)7-11)14(19)10-5-9-3-1-2-4-13(9)16-8-10/h1-5,8,11-12,18H,6-7H2. The summed E-state index contributed by atoms with van der Waals surface area (Å²) in [4.78, 5) is 16.1. The maximum absolute atomic E-state index is 13.8. The van der Waals surface area contributed by atoms with Crippen LogP contribution in [-0.2, 0) is 0 Å². The van der Waals surface area contributed by atoms with Crippen molar-refractivity contribution in [3.05, 3.63) is 42.1 Å². The maximum atomic E-state index is 13.8. The summed E-state index contributed by atoms with van der Waals surface area (Å²) in [6.07, 6.45) is 1.48. The first kappa shape index (κ1) is 12.0. The topological polar surface area (TPSA) is 53.4 Å². The Balaban J connectivity index is 1.85. The lowest BCUT2D eigenvalue weighted by atomic mass is 9.89. The van der Waals surface area contributed by atoms with Gasteiger partial charge in [-0.15, -0.1) is 0 Å². The molecule has 0 radical (unpaired) electrons. The Bertz CT molecular complexity index is 626. The molecule has 1 N–H and O–H groups in total. The second-order valence-electron chi connectivity index (χ2n) is 4.81. The summed E-state index contributed by atoms with van der Waals surface area (Å²) in [6, 6.07) is 8.47. The first-order valence-electron chi connectivity index (χ1n) is 6.17. The van der Waals surface area contributed by atoms with Gasteiger partial charge in [0, 0.05) is 11.6 Å². The fourth-order valence-corrected chi connectivity index (χ4v) is 2.22. The van der Waals surface area contributed by atoms with Crippen LogP contribution >= 0.6 is 0 Å². The SMILES string of the molecule is O=C(c1cnc2ccccc2c1)N(F)C1CC(O)C1. The van der Waals surface area contributed by atoms with Gasteiger partial charge in [-0.25, -0.2) is 0 Å². The number of fused-ring (bicyclic) bond motifs is 1. The van der Waals surface area contributed by atoms with E-state index < -0.39 is 18.1 Å². The largest absolute Gasteiger partial charge is 0.393 e. The molecular formula is C14H13FN2O2. The third-order valence-corrected chi connectivity index (χ3v) is 3.44. The Labute approximate surface area is 109 Å². The molecule has 0 unspecified atom stereocenters. The van der Waals surface area contributed by atoms with Gasteiger partial charge in [0.25, 0.3) is 5.91 Å². The minimum Gasteiger partial charge on any atom is -0.393 e. The maximum Gasteiger partial charge on any atom is 0.283 e. The van der Waals surface area contributed by atoms with E-state index in [0.717, 1.165) is 10.9 Å². The highest BCUT2D eigenvalue weighted by molar-refractivity contribution is 5.96. The number of pyridine rings is 1. The number of hydrogen-bond donors (Lipinski definition) is 1. The number of nitrogens with zero attached hydrogens (tertiary/aromatic N) is 2. The van der Waals surface area contributed by atoms with Gasteiger partial charge in [0.1, 0.15) is 0 Å². The second kappa shape index (κ2) is 4.59. The predicted molar refractivity (Wildman–Crippen MR) is 68.0 cm³/mol. The van der Waals surface area contributed by atoms with Gasteiger partial charge < -0.3 is 5.11 Å². The second-order valence-corrected chi connectivity index (χ2v) is 4.81. The van der Waals surface area contributed by atoms with Crippen molar-refractivity contribution in [1.82, 2.24) is 10.1 Å². The third-order valence-electron chi connectivity index (χ3n) is 3.44. The fraction of sp³-hybridized carbons (Fsp3) is 0.286. The minimum absolute atomic E-state index is 0.207. The van der Waals surface area contributed by atoms with Gasteiger partial charge in [-0.3, -0.25) is 9.78 Å². The lowest BCUT2D eigenvalue weighted by Crippen LogP contribution is -2.45. The molecule has 0 atom stereocenters. The quantitative estimate of drug-likeness (QED) is 0.841. The van der Waals surface area contributed by atoms with Crippen LogP contribution in [0.5, 0.6) is 0 Å². The van der Waals surface area contributed by atoms with Crippen LogP contribution in [0.4, 0.5) is 4.48 Å². The van der Waals surface area contributed by atoms with Crippen LogP contribution in [0, 0.1) is 0 Å². The Hall–Kier alpha value is -2.01. The molecule has 1 aromatic carbocycles. The molecule has 1 amide bonds. The highest BCUT2D eigenvalue weighted by Crippen LogP contribution is 2.27. The van der Waals surface area contributed by atoms with Crippen molar-refractivity contribution < 1.29 is 14.4 Å². The Morgan fingerprint density at radius 2 is 2.11 bits per heavy atom. The number of hydrogen-bond acceptors (Lipinski definition) is 3. The molecule has 2 aromatic rings. The van der Waals surface area contributed by atoms with Crippen LogP contribution in [0.2, 0.25) is 0 Å². The average molecular weight is 260 g/mol. The summed E-state index contributed by atoms with van der Waals surface area (Å²) in [5.74, 6) is -0.699. The van der Waals surface area contributed by atoms with E-state index in [4.69, 9.17) is 5.11 Å². The van der Waals surface area contributed by atoms with Crippen LogP contribution in [-0.4, -0.2) is 33.3 Å². The van der Waals surface area contributed by atoms with Gasteiger partial charge in [0.05, 0.1) is 23.2 Å². The number of carbonyl (C=O) groups excluding carboxylic acids is 1. The fourth-order valence-electron chi connectivity index (χ4n) is 2.22. The number of aliphatic hydroxyl groups excluding tert-OH is 1. The highest BCUT2D eigenvalue weighted by atomic mass is 19.2. The van der Waals surface area contributed by atoms with Gasteiger partial charge in [-0.05, 0) is 25.0 Å². The van der Waals surface area contributed by atoms with Crippen molar-refractivity contribution in [2.75, 3.05) is 0 Å². The number of amides is 1. The molecule has 1 heterocycles. The van der Waals surface area contributed by atoms with Crippen molar-refractivity contribution in [2.24, 2.45) is 0 Å². The normalized spacial score (nSPS) is 22.0. The monoisotopic (exact) mass is 260 g/mol. The van der Waals surface area contributed by atoms with Crippen LogP contribution in [0.3, 0.4) is 0 Å². The molecule has 98 valence electrons. The van der Waals surface area contributed by atoms with E-state index in [-0.39, 0.29) is 10.7 Å². The summed E-state index contributed by atoms with van der Waals surface area (Å²) in [5.41, 5.74) is 0.992. The van der Waals surface area contributed by atoms with Crippen molar-refractivity contribution in [2.45, 2.75) is 25.0 Å². The highest BCUT2D eigenvalue weighted by Gasteiger charge is 2.36. The number of benzene rings is 1. The number of halogens is 1. The zero-order valence-electron chi connectivity index (χ0n) is 10.2. The van der Waals surface area contributed by atoms with E-state index in [1.165, 1.54) is 6.20 Å². The van der Waals surface area contributed by atoms with Gasteiger partial charge >= 0.3 is 0 Å². The van der Waals surface area contributed by atoms with Crippen LogP contribution in [0.1, 0.15) is 23.2 Å². The summed E-state index contributed by atoms with van der Waals surface area (Å²) < 4.78 is 13.8. The number of aromatic nitrogens is 1. The van der Waals surface area contributed by atoms with Crippen molar-refractivity contribution in [3.8, 4) is 0 Å². The lowest BCUT2D eigenvalue weighted by Gasteiger charge is -2.34. The van der Waals surface area contributed by atoms with Crippen molar-refractivity contribution in [3.63, 3.8) is 0 Å². The Kier molecular flexibility index (Phi) is 2.91. The molecule has 0 saturated heterocycles. The van der Waals surface area contributed by atoms with Crippen molar-refractivity contribution >= 4 is 16.8 Å². The van der Waals surface area contributed by atoms with Gasteiger partial charge in [-0.1, -0.05) is 22.7 Å². The van der Waals surface area contributed by atoms with Gasteiger partial charge in [0.2, 0.25) is 0 Å². The molecule has 0 bridgehead atoms. The Morgan fingerprint density at radius 1 is 1.37 bits per heavy atom. The molecule has 0 spiro atoms. The average Bonchev–Trinajstić information content (AvgIpc) is 2.42. The smallest absolute Gasteiger partial charge is 0.283 e.